The van der Waals surface area contributed by atoms with Crippen molar-refractivity contribution in [2.45, 2.75) is 41.5 Å². The third-order valence-corrected chi connectivity index (χ3v) is 7.66. The minimum atomic E-state index is 0. The number of hydrogen-bond acceptors (Lipinski definition) is 3. The fraction of sp³-hybridized carbons (Fsp3) is 0.189. The fourth-order valence-corrected chi connectivity index (χ4v) is 6.11. The molecule has 2 aromatic heterocycles. The predicted octanol–water partition coefficient (Wildman–Crippen LogP) is 8.85. The maximum absolute atomic E-state index is 6.28. The van der Waals surface area contributed by atoms with Crippen LogP contribution in [-0.4, -0.2) is 19.3 Å². The molecule has 2 heterocycles. The van der Waals surface area contributed by atoms with Crippen molar-refractivity contribution in [2.24, 2.45) is 7.05 Å². The summed E-state index contributed by atoms with van der Waals surface area (Å²) in [5.74, 6) is 2.02. The zero-order chi connectivity index (χ0) is 29.5. The molecule has 0 aliphatic heterocycles. The second-order valence-corrected chi connectivity index (χ2v) is 11.2. The first kappa shape index (κ1) is 30.3. The van der Waals surface area contributed by atoms with Crippen molar-refractivity contribution < 1.29 is 25.8 Å². The third-order valence-electron chi connectivity index (χ3n) is 7.66. The van der Waals surface area contributed by atoms with Crippen LogP contribution in [-0.2, 0) is 28.1 Å². The van der Waals surface area contributed by atoms with Gasteiger partial charge in [-0.05, 0) is 75.0 Å². The molecule has 0 fully saturated rings. The van der Waals surface area contributed by atoms with Gasteiger partial charge in [0.25, 0.3) is 0 Å². The molecule has 0 spiro atoms. The quantitative estimate of drug-likeness (QED) is 0.160. The molecule has 0 unspecified atom stereocenters. The Morgan fingerprint density at radius 1 is 0.721 bits per heavy atom. The minimum absolute atomic E-state index is 0. The molecule has 0 aliphatic rings. The van der Waals surface area contributed by atoms with Crippen LogP contribution in [0.5, 0.6) is 11.5 Å². The smallest absolute Gasteiger partial charge is 0.503 e. The Morgan fingerprint density at radius 3 is 1.91 bits per heavy atom. The molecular weight excluding hydrogens is 712 g/mol. The van der Waals surface area contributed by atoms with Crippen LogP contribution in [0.4, 0.5) is 0 Å². The summed E-state index contributed by atoms with van der Waals surface area (Å²) in [6.07, 6.45) is 5.69. The van der Waals surface area contributed by atoms with Crippen LogP contribution >= 0.6 is 0 Å². The van der Waals surface area contributed by atoms with Gasteiger partial charge in [-0.3, -0.25) is 9.67 Å². The molecule has 0 saturated carbocycles. The monoisotopic (exact) mass is 745 g/mol. The number of rotatable bonds is 6. The maximum atomic E-state index is 6.28. The van der Waals surface area contributed by atoms with Gasteiger partial charge in [0.05, 0.1) is 17.7 Å². The molecule has 0 saturated heterocycles. The summed E-state index contributed by atoms with van der Waals surface area (Å²) in [6, 6.07) is 27.5. The van der Waals surface area contributed by atoms with E-state index in [0.717, 1.165) is 28.3 Å². The van der Waals surface area contributed by atoms with Crippen molar-refractivity contribution in [3.8, 4) is 51.0 Å². The van der Waals surface area contributed by atoms with Crippen LogP contribution in [0, 0.1) is 53.7 Å². The van der Waals surface area contributed by atoms with E-state index < -0.39 is 0 Å². The first-order chi connectivity index (χ1) is 20.2. The molecule has 0 amide bonds. The molecule has 6 aromatic rings. The summed E-state index contributed by atoms with van der Waals surface area (Å²) in [7, 11) is 1.97. The van der Waals surface area contributed by atoms with Crippen molar-refractivity contribution >= 4 is 0 Å². The Labute approximate surface area is 268 Å². The van der Waals surface area contributed by atoms with Crippen LogP contribution < -0.4 is 4.74 Å². The van der Waals surface area contributed by atoms with Crippen molar-refractivity contribution in [1.29, 1.82) is 0 Å². The van der Waals surface area contributed by atoms with Gasteiger partial charge in [0.1, 0.15) is 0 Å². The van der Waals surface area contributed by atoms with Gasteiger partial charge in [-0.2, -0.15) is 11.2 Å². The number of benzene rings is 4. The van der Waals surface area contributed by atoms with Crippen LogP contribution in [0.1, 0.15) is 33.4 Å². The summed E-state index contributed by atoms with van der Waals surface area (Å²) in [4.78, 5) is 4.45. The van der Waals surface area contributed by atoms with Gasteiger partial charge in [0.15, 0.2) is 0 Å². The molecule has 0 bridgehead atoms. The molecule has 4 aromatic carbocycles. The van der Waals surface area contributed by atoms with E-state index in [-0.39, 0.29) is 21.1 Å². The first-order valence-electron chi connectivity index (χ1n) is 14.1. The number of nitrogens with zero attached hydrogens (tertiary/aromatic N) is 4. The molecule has 5 nitrogen and oxygen atoms in total. The number of ether oxygens (including phenoxy) is 1. The van der Waals surface area contributed by atoms with Gasteiger partial charge in [-0.1, -0.05) is 41.5 Å². The number of hydrogen-bond donors (Lipinski definition) is 0. The molecule has 43 heavy (non-hydrogen) atoms. The van der Waals surface area contributed by atoms with Crippen molar-refractivity contribution in [3.63, 3.8) is 0 Å². The van der Waals surface area contributed by atoms with Gasteiger partial charge >= 0.3 is 21.1 Å². The molecule has 0 N–H and O–H groups in total. The van der Waals surface area contributed by atoms with E-state index in [4.69, 9.17) is 9.84 Å². The standard InChI is InChI=1S/C37H34N4O.Pt/c1-23-16-25(3)34(26(4)17-23)33-22-39-41(36(33)35-27(5)18-24(2)19-28(35)6)30-11-9-13-32(21-30)42-31-12-8-10-29(20-31)37-38-14-15-40(37)7;/h8-19,22H,1-7H3;/q-2;+2. The van der Waals surface area contributed by atoms with Gasteiger partial charge in [0.2, 0.25) is 0 Å². The van der Waals surface area contributed by atoms with Gasteiger partial charge in [0, 0.05) is 42.1 Å². The number of imidazole rings is 1. The summed E-state index contributed by atoms with van der Waals surface area (Å²) in [5.41, 5.74) is 13.6. The fourth-order valence-electron chi connectivity index (χ4n) is 6.11. The van der Waals surface area contributed by atoms with E-state index in [9.17, 15) is 0 Å². The van der Waals surface area contributed by atoms with Crippen LogP contribution in [0.3, 0.4) is 0 Å². The third kappa shape index (κ3) is 5.87. The Morgan fingerprint density at radius 2 is 1.30 bits per heavy atom. The van der Waals surface area contributed by atoms with E-state index in [1.54, 1.807) is 6.20 Å². The van der Waals surface area contributed by atoms with Crippen molar-refractivity contribution in [2.75, 3.05) is 0 Å². The molecular formula is C37H34N4OPt. The summed E-state index contributed by atoms with van der Waals surface area (Å²) < 4.78 is 10.2. The van der Waals surface area contributed by atoms with E-state index >= 15 is 0 Å². The van der Waals surface area contributed by atoms with E-state index in [0.29, 0.717) is 11.5 Å². The largest absolute Gasteiger partial charge is 2.00 e. The molecule has 0 aliphatic carbocycles. The average Bonchev–Trinajstić information content (AvgIpc) is 3.55. The Balaban J connectivity index is 0.00000368. The van der Waals surface area contributed by atoms with Crippen LogP contribution in [0.25, 0.3) is 39.5 Å². The van der Waals surface area contributed by atoms with Crippen molar-refractivity contribution in [3.05, 3.63) is 125 Å². The Bertz CT molecular complexity index is 1900. The van der Waals surface area contributed by atoms with E-state index in [1.165, 1.54) is 44.5 Å². The Hall–Kier alpha value is -4.21. The molecule has 6 heteroatoms. The zero-order valence-electron chi connectivity index (χ0n) is 25.5. The SMILES string of the molecule is Cc1cc(C)c(-c2cnn(-c3[c-]c(Oc4[c-]c(-c5nccn5C)ccc4)ccc3)c2-c2c(C)cc(C)cc2C)c(C)c1.[Pt+2]. The second-order valence-electron chi connectivity index (χ2n) is 11.2. The molecule has 218 valence electrons. The normalized spacial score (nSPS) is 11.0. The van der Waals surface area contributed by atoms with Gasteiger partial charge < -0.3 is 9.30 Å². The van der Waals surface area contributed by atoms with Crippen LogP contribution in [0.15, 0.2) is 79.3 Å². The summed E-state index contributed by atoms with van der Waals surface area (Å²) >= 11 is 0. The first-order valence-corrected chi connectivity index (χ1v) is 14.1. The minimum Gasteiger partial charge on any atom is -0.503 e. The molecule has 0 radical (unpaired) electrons. The van der Waals surface area contributed by atoms with Crippen molar-refractivity contribution in [1.82, 2.24) is 19.3 Å². The zero-order valence-corrected chi connectivity index (χ0v) is 27.8. The van der Waals surface area contributed by atoms with E-state index in [2.05, 4.69) is 82.9 Å². The number of aromatic nitrogens is 4. The van der Waals surface area contributed by atoms with E-state index in [1.807, 2.05) is 65.1 Å². The summed E-state index contributed by atoms with van der Waals surface area (Å²) in [6.45, 7) is 13.0. The number of aryl methyl sites for hydroxylation is 7. The van der Waals surface area contributed by atoms with Gasteiger partial charge in [-0.15, -0.1) is 42.0 Å². The maximum Gasteiger partial charge on any atom is 2.00 e. The average molecular weight is 746 g/mol. The topological polar surface area (TPSA) is 44.9 Å². The second kappa shape index (κ2) is 12.2. The van der Waals surface area contributed by atoms with Gasteiger partial charge in [-0.25, -0.2) is 0 Å². The molecule has 0 atom stereocenters. The Kier molecular flexibility index (Phi) is 8.57. The molecule has 6 rings (SSSR count). The predicted molar refractivity (Wildman–Crippen MR) is 169 cm³/mol. The van der Waals surface area contributed by atoms with Crippen LogP contribution in [0.2, 0.25) is 0 Å². The summed E-state index contributed by atoms with van der Waals surface area (Å²) in [5, 5.41) is 4.97.